The van der Waals surface area contributed by atoms with Crippen LogP contribution in [0.5, 0.6) is 0 Å². The minimum absolute atomic E-state index is 0.115. The summed E-state index contributed by atoms with van der Waals surface area (Å²) in [5.74, 6) is 0.675. The van der Waals surface area contributed by atoms with Crippen LogP contribution in [0.25, 0.3) is 5.69 Å². The van der Waals surface area contributed by atoms with Crippen LogP contribution in [0.3, 0.4) is 0 Å². The van der Waals surface area contributed by atoms with Crippen LogP contribution in [0.2, 0.25) is 0 Å². The molecule has 0 radical (unpaired) electrons. The minimum atomic E-state index is -0.187. The molecule has 7 heteroatoms. The SMILES string of the molecule is O=C(NCC1CCCO1)c1ccc(-n2nc(N3CCCC3)ccc2=O)cc1. The summed E-state index contributed by atoms with van der Waals surface area (Å²) >= 11 is 0. The van der Waals surface area contributed by atoms with Gasteiger partial charge in [-0.25, -0.2) is 0 Å². The number of nitrogens with one attached hydrogen (secondary N) is 1. The number of aromatic nitrogens is 2. The fraction of sp³-hybridized carbons (Fsp3) is 0.450. The van der Waals surface area contributed by atoms with Crippen molar-refractivity contribution in [3.8, 4) is 5.69 Å². The molecule has 27 heavy (non-hydrogen) atoms. The zero-order valence-electron chi connectivity index (χ0n) is 15.3. The maximum absolute atomic E-state index is 12.3. The van der Waals surface area contributed by atoms with Crippen molar-refractivity contribution in [1.82, 2.24) is 15.1 Å². The van der Waals surface area contributed by atoms with E-state index in [1.165, 1.54) is 4.68 Å². The van der Waals surface area contributed by atoms with Gasteiger partial charge in [0.1, 0.15) is 5.82 Å². The third-order valence-corrected chi connectivity index (χ3v) is 5.10. The normalized spacial score (nSPS) is 19.4. The molecular weight excluding hydrogens is 344 g/mol. The van der Waals surface area contributed by atoms with Crippen LogP contribution in [0.4, 0.5) is 5.82 Å². The molecule has 2 saturated heterocycles. The number of anilines is 1. The Morgan fingerprint density at radius 3 is 2.59 bits per heavy atom. The molecule has 0 saturated carbocycles. The van der Waals surface area contributed by atoms with Crippen molar-refractivity contribution in [2.45, 2.75) is 31.8 Å². The molecular formula is C20H24N4O3. The number of carbonyl (C=O) groups excluding carboxylic acids is 1. The molecule has 2 fully saturated rings. The zero-order valence-corrected chi connectivity index (χ0v) is 15.3. The molecule has 3 heterocycles. The van der Waals surface area contributed by atoms with Gasteiger partial charge in [-0.15, -0.1) is 5.10 Å². The fourth-order valence-corrected chi connectivity index (χ4v) is 3.57. The summed E-state index contributed by atoms with van der Waals surface area (Å²) in [5.41, 5.74) is 1.02. The van der Waals surface area contributed by atoms with Crippen LogP contribution in [-0.2, 0) is 4.74 Å². The van der Waals surface area contributed by atoms with E-state index in [1.807, 2.05) is 0 Å². The Morgan fingerprint density at radius 1 is 1.11 bits per heavy atom. The number of amides is 1. The van der Waals surface area contributed by atoms with E-state index in [-0.39, 0.29) is 17.6 Å². The zero-order chi connectivity index (χ0) is 18.6. The lowest BCUT2D eigenvalue weighted by molar-refractivity contribution is 0.0858. The van der Waals surface area contributed by atoms with E-state index in [9.17, 15) is 9.59 Å². The molecule has 142 valence electrons. The van der Waals surface area contributed by atoms with Crippen molar-refractivity contribution in [3.05, 3.63) is 52.3 Å². The highest BCUT2D eigenvalue weighted by molar-refractivity contribution is 5.94. The topological polar surface area (TPSA) is 76.5 Å². The predicted octanol–water partition coefficient (Wildman–Crippen LogP) is 1.74. The second kappa shape index (κ2) is 7.92. The maximum Gasteiger partial charge on any atom is 0.271 e. The molecule has 1 atom stereocenters. The molecule has 0 spiro atoms. The predicted molar refractivity (Wildman–Crippen MR) is 103 cm³/mol. The van der Waals surface area contributed by atoms with Gasteiger partial charge < -0.3 is 15.0 Å². The van der Waals surface area contributed by atoms with Gasteiger partial charge in [0.25, 0.3) is 11.5 Å². The van der Waals surface area contributed by atoms with E-state index < -0.39 is 0 Å². The van der Waals surface area contributed by atoms with Crippen LogP contribution in [0.1, 0.15) is 36.0 Å². The molecule has 1 unspecified atom stereocenters. The lowest BCUT2D eigenvalue weighted by atomic mass is 10.2. The van der Waals surface area contributed by atoms with Crippen LogP contribution in [0, 0.1) is 0 Å². The first kappa shape index (κ1) is 17.7. The fourth-order valence-electron chi connectivity index (χ4n) is 3.57. The first-order valence-electron chi connectivity index (χ1n) is 9.56. The third kappa shape index (κ3) is 4.03. The molecule has 2 aliphatic rings. The van der Waals surface area contributed by atoms with Gasteiger partial charge in [-0.1, -0.05) is 0 Å². The highest BCUT2D eigenvalue weighted by atomic mass is 16.5. The Balaban J connectivity index is 1.47. The summed E-state index contributed by atoms with van der Waals surface area (Å²) < 4.78 is 6.91. The smallest absolute Gasteiger partial charge is 0.271 e. The molecule has 1 aromatic heterocycles. The van der Waals surface area contributed by atoms with Gasteiger partial charge in [0.05, 0.1) is 11.8 Å². The van der Waals surface area contributed by atoms with E-state index in [2.05, 4.69) is 15.3 Å². The van der Waals surface area contributed by atoms with Crippen molar-refractivity contribution >= 4 is 11.7 Å². The average Bonchev–Trinajstić information content (AvgIpc) is 3.41. The van der Waals surface area contributed by atoms with Gasteiger partial charge in [-0.05, 0) is 56.0 Å². The second-order valence-corrected chi connectivity index (χ2v) is 7.03. The van der Waals surface area contributed by atoms with Gasteiger partial charge >= 0.3 is 0 Å². The van der Waals surface area contributed by atoms with E-state index in [1.54, 1.807) is 36.4 Å². The average molecular weight is 368 g/mol. The maximum atomic E-state index is 12.3. The summed E-state index contributed by atoms with van der Waals surface area (Å²) in [7, 11) is 0. The Kier molecular flexibility index (Phi) is 5.20. The second-order valence-electron chi connectivity index (χ2n) is 7.03. The Morgan fingerprint density at radius 2 is 1.89 bits per heavy atom. The number of benzene rings is 1. The lowest BCUT2D eigenvalue weighted by Crippen LogP contribution is -2.31. The highest BCUT2D eigenvalue weighted by Gasteiger charge is 2.17. The standard InChI is InChI=1S/C20H24N4O3/c25-19-10-9-18(23-11-1-2-12-23)22-24(19)16-7-5-15(6-8-16)20(26)21-14-17-4-3-13-27-17/h5-10,17H,1-4,11-14H2,(H,21,26). The number of carbonyl (C=O) groups is 1. The third-order valence-electron chi connectivity index (χ3n) is 5.10. The molecule has 7 nitrogen and oxygen atoms in total. The molecule has 1 aromatic carbocycles. The van der Waals surface area contributed by atoms with E-state index in [0.29, 0.717) is 17.8 Å². The Labute approximate surface area is 157 Å². The summed E-state index contributed by atoms with van der Waals surface area (Å²) in [6.45, 7) is 3.23. The summed E-state index contributed by atoms with van der Waals surface area (Å²) in [5, 5.41) is 7.40. The number of ether oxygens (including phenoxy) is 1. The van der Waals surface area contributed by atoms with Crippen LogP contribution in [0.15, 0.2) is 41.2 Å². The monoisotopic (exact) mass is 368 g/mol. The summed E-state index contributed by atoms with van der Waals surface area (Å²) in [6.07, 6.45) is 4.45. The molecule has 1 amide bonds. The highest BCUT2D eigenvalue weighted by Crippen LogP contribution is 2.17. The van der Waals surface area contributed by atoms with E-state index in [0.717, 1.165) is 51.2 Å². The van der Waals surface area contributed by atoms with Crippen molar-refractivity contribution in [1.29, 1.82) is 0 Å². The van der Waals surface area contributed by atoms with Gasteiger partial charge in [0, 0.05) is 37.9 Å². The number of hydrogen-bond donors (Lipinski definition) is 1. The van der Waals surface area contributed by atoms with Gasteiger partial charge in [0.15, 0.2) is 0 Å². The Bertz CT molecular complexity index is 850. The van der Waals surface area contributed by atoms with Crippen molar-refractivity contribution in [3.63, 3.8) is 0 Å². The van der Waals surface area contributed by atoms with Crippen molar-refractivity contribution in [2.75, 3.05) is 31.1 Å². The molecule has 0 bridgehead atoms. The van der Waals surface area contributed by atoms with Gasteiger partial charge in [0.2, 0.25) is 0 Å². The van der Waals surface area contributed by atoms with Crippen LogP contribution < -0.4 is 15.8 Å². The van der Waals surface area contributed by atoms with Crippen LogP contribution in [-0.4, -0.2) is 48.0 Å². The molecule has 0 aliphatic carbocycles. The summed E-state index contributed by atoms with van der Waals surface area (Å²) in [4.78, 5) is 26.7. The number of nitrogens with zero attached hydrogens (tertiary/aromatic N) is 3. The molecule has 2 aliphatic heterocycles. The van der Waals surface area contributed by atoms with Crippen LogP contribution >= 0.6 is 0 Å². The molecule has 2 aromatic rings. The number of hydrogen-bond acceptors (Lipinski definition) is 5. The number of rotatable bonds is 5. The lowest BCUT2D eigenvalue weighted by Gasteiger charge is -2.17. The molecule has 1 N–H and O–H groups in total. The minimum Gasteiger partial charge on any atom is -0.376 e. The van der Waals surface area contributed by atoms with Gasteiger partial charge in [-0.3, -0.25) is 9.59 Å². The quantitative estimate of drug-likeness (QED) is 0.870. The van der Waals surface area contributed by atoms with E-state index in [4.69, 9.17) is 4.74 Å². The first-order chi connectivity index (χ1) is 13.2. The summed E-state index contributed by atoms with van der Waals surface area (Å²) in [6, 6.07) is 10.3. The van der Waals surface area contributed by atoms with E-state index >= 15 is 0 Å². The first-order valence-corrected chi connectivity index (χ1v) is 9.56. The van der Waals surface area contributed by atoms with Crippen molar-refractivity contribution in [2.24, 2.45) is 0 Å². The van der Waals surface area contributed by atoms with Crippen molar-refractivity contribution < 1.29 is 9.53 Å². The Hall–Kier alpha value is -2.67. The largest absolute Gasteiger partial charge is 0.376 e. The van der Waals surface area contributed by atoms with Gasteiger partial charge in [-0.2, -0.15) is 4.68 Å². The molecule has 4 rings (SSSR count).